The van der Waals surface area contributed by atoms with Crippen molar-refractivity contribution in [2.45, 2.75) is 44.9 Å². The normalized spacial score (nSPS) is 15.5. The van der Waals surface area contributed by atoms with Crippen molar-refractivity contribution in [3.05, 3.63) is 101 Å². The van der Waals surface area contributed by atoms with E-state index >= 15 is 0 Å². The zero-order valence-corrected chi connectivity index (χ0v) is 21.3. The third kappa shape index (κ3) is 6.41. The fourth-order valence-corrected chi connectivity index (χ4v) is 5.17. The van der Waals surface area contributed by atoms with Crippen LogP contribution in [-0.4, -0.2) is 36.3 Å². The minimum atomic E-state index is -0.376. The predicted octanol–water partition coefficient (Wildman–Crippen LogP) is 5.78. The summed E-state index contributed by atoms with van der Waals surface area (Å²) in [6, 6.07) is 26.5. The molecule has 0 spiro atoms. The Kier molecular flexibility index (Phi) is 8.55. The second-order valence-corrected chi connectivity index (χ2v) is 10.1. The third-order valence-electron chi connectivity index (χ3n) is 7.28. The van der Waals surface area contributed by atoms with E-state index < -0.39 is 0 Å². The topological polar surface area (TPSA) is 75.4 Å². The van der Waals surface area contributed by atoms with E-state index in [1.165, 1.54) is 11.1 Å². The highest BCUT2D eigenvalue weighted by atomic mass is 16.2. The molecule has 0 saturated carbocycles. The minimum Gasteiger partial charge on any atom is -0.366 e. The van der Waals surface area contributed by atoms with Crippen LogP contribution < -0.4 is 11.1 Å². The Balaban J connectivity index is 1.40. The number of nitrogens with two attached hydrogens (primary N) is 1. The second-order valence-electron chi connectivity index (χ2n) is 10.1. The SMILES string of the molecule is CC(C)C(=O)Nc1cccc(C2CCN(CC[C@@H](c3ccccc3)c3ccccc3C(N)=O)CC2)c1. The van der Waals surface area contributed by atoms with Crippen molar-refractivity contribution in [1.29, 1.82) is 0 Å². The van der Waals surface area contributed by atoms with Crippen LogP contribution in [-0.2, 0) is 4.79 Å². The van der Waals surface area contributed by atoms with Gasteiger partial charge in [0.15, 0.2) is 0 Å². The highest BCUT2D eigenvalue weighted by Gasteiger charge is 2.24. The number of anilines is 1. The summed E-state index contributed by atoms with van der Waals surface area (Å²) in [4.78, 5) is 26.8. The summed E-state index contributed by atoms with van der Waals surface area (Å²) < 4.78 is 0. The maximum Gasteiger partial charge on any atom is 0.248 e. The maximum atomic E-state index is 12.1. The van der Waals surface area contributed by atoms with Crippen molar-refractivity contribution < 1.29 is 9.59 Å². The zero-order chi connectivity index (χ0) is 25.5. The summed E-state index contributed by atoms with van der Waals surface area (Å²) in [5, 5.41) is 3.02. The van der Waals surface area contributed by atoms with Crippen LogP contribution in [0.25, 0.3) is 0 Å². The number of piperidine rings is 1. The van der Waals surface area contributed by atoms with E-state index in [-0.39, 0.29) is 23.7 Å². The van der Waals surface area contributed by atoms with Gasteiger partial charge in [-0.1, -0.05) is 74.5 Å². The lowest BCUT2D eigenvalue weighted by molar-refractivity contribution is -0.118. The summed E-state index contributed by atoms with van der Waals surface area (Å²) in [6.45, 7) is 6.84. The van der Waals surface area contributed by atoms with Crippen LogP contribution in [0.4, 0.5) is 5.69 Å². The number of benzene rings is 3. The number of likely N-dealkylation sites (tertiary alicyclic amines) is 1. The zero-order valence-electron chi connectivity index (χ0n) is 21.3. The van der Waals surface area contributed by atoms with Gasteiger partial charge in [0.1, 0.15) is 0 Å². The van der Waals surface area contributed by atoms with E-state index in [0.29, 0.717) is 11.5 Å². The first-order chi connectivity index (χ1) is 17.4. The van der Waals surface area contributed by atoms with E-state index in [2.05, 4.69) is 46.6 Å². The Hall–Kier alpha value is -3.44. The quantitative estimate of drug-likeness (QED) is 0.405. The summed E-state index contributed by atoms with van der Waals surface area (Å²) in [7, 11) is 0. The number of hydrogen-bond acceptors (Lipinski definition) is 3. The van der Waals surface area contributed by atoms with Gasteiger partial charge in [-0.05, 0) is 79.7 Å². The van der Waals surface area contributed by atoms with Crippen molar-refractivity contribution in [3.63, 3.8) is 0 Å². The molecule has 36 heavy (non-hydrogen) atoms. The number of carbonyl (C=O) groups excluding carboxylic acids is 2. The molecule has 1 aliphatic heterocycles. The molecule has 4 rings (SSSR count). The Labute approximate surface area is 214 Å². The van der Waals surface area contributed by atoms with Gasteiger partial charge in [-0.25, -0.2) is 0 Å². The average molecular weight is 484 g/mol. The van der Waals surface area contributed by atoms with Crippen molar-refractivity contribution >= 4 is 17.5 Å². The molecule has 5 heteroatoms. The van der Waals surface area contributed by atoms with E-state index in [1.54, 1.807) is 0 Å². The summed E-state index contributed by atoms with van der Waals surface area (Å²) >= 11 is 0. The van der Waals surface area contributed by atoms with Gasteiger partial charge in [0.25, 0.3) is 0 Å². The van der Waals surface area contributed by atoms with E-state index in [4.69, 9.17) is 5.73 Å². The van der Waals surface area contributed by atoms with Crippen LogP contribution in [0.1, 0.15) is 72.0 Å². The Bertz CT molecular complexity index is 1170. The fraction of sp³-hybridized carbons (Fsp3) is 0.355. The number of nitrogens with zero attached hydrogens (tertiary/aromatic N) is 1. The molecule has 3 N–H and O–H groups in total. The van der Waals surface area contributed by atoms with Gasteiger partial charge in [-0.2, -0.15) is 0 Å². The Morgan fingerprint density at radius 2 is 1.64 bits per heavy atom. The van der Waals surface area contributed by atoms with Crippen molar-refractivity contribution in [2.24, 2.45) is 11.7 Å². The Morgan fingerprint density at radius 1 is 0.944 bits per heavy atom. The highest BCUT2D eigenvalue weighted by Crippen LogP contribution is 2.33. The van der Waals surface area contributed by atoms with E-state index in [1.807, 2.05) is 56.3 Å². The molecule has 0 radical (unpaired) electrons. The van der Waals surface area contributed by atoms with Gasteiger partial charge in [-0.3, -0.25) is 9.59 Å². The molecule has 1 saturated heterocycles. The Morgan fingerprint density at radius 3 is 2.33 bits per heavy atom. The van der Waals surface area contributed by atoms with Crippen LogP contribution in [0.15, 0.2) is 78.9 Å². The van der Waals surface area contributed by atoms with Gasteiger partial charge in [0, 0.05) is 23.1 Å². The lowest BCUT2D eigenvalue weighted by atomic mass is 9.84. The van der Waals surface area contributed by atoms with Crippen LogP contribution in [0.2, 0.25) is 0 Å². The molecule has 1 atom stereocenters. The lowest BCUT2D eigenvalue weighted by Crippen LogP contribution is -2.34. The van der Waals surface area contributed by atoms with Crippen LogP contribution in [0.5, 0.6) is 0 Å². The standard InChI is InChI=1S/C31H37N3O2/c1-22(2)31(36)33-26-12-8-11-25(21-26)23-15-18-34(19-16-23)20-17-27(24-9-4-3-5-10-24)28-13-6-7-14-29(28)30(32)35/h3-14,21-23,27H,15-20H2,1-2H3,(H2,32,35)(H,33,36)/t27-/m0/s1. The molecule has 0 aromatic heterocycles. The van der Waals surface area contributed by atoms with E-state index in [9.17, 15) is 9.59 Å². The van der Waals surface area contributed by atoms with Gasteiger partial charge < -0.3 is 16.0 Å². The predicted molar refractivity (Wildman–Crippen MR) is 146 cm³/mol. The summed E-state index contributed by atoms with van der Waals surface area (Å²) in [6.07, 6.45) is 3.11. The smallest absolute Gasteiger partial charge is 0.248 e. The first-order valence-corrected chi connectivity index (χ1v) is 13.0. The monoisotopic (exact) mass is 483 g/mol. The summed E-state index contributed by atoms with van der Waals surface area (Å²) in [5.74, 6) is 0.255. The van der Waals surface area contributed by atoms with Crippen molar-refractivity contribution in [3.8, 4) is 0 Å². The molecule has 3 aromatic rings. The molecule has 2 amide bonds. The number of primary amides is 1. The molecule has 1 aliphatic rings. The molecule has 0 unspecified atom stereocenters. The first-order valence-electron chi connectivity index (χ1n) is 13.0. The van der Waals surface area contributed by atoms with Gasteiger partial charge in [0.2, 0.25) is 11.8 Å². The highest BCUT2D eigenvalue weighted by molar-refractivity contribution is 5.94. The molecule has 188 valence electrons. The summed E-state index contributed by atoms with van der Waals surface area (Å²) in [5.41, 5.74) is 10.7. The number of carbonyl (C=O) groups is 2. The molecule has 1 heterocycles. The maximum absolute atomic E-state index is 12.1. The molecule has 0 bridgehead atoms. The molecule has 0 aliphatic carbocycles. The number of hydrogen-bond donors (Lipinski definition) is 2. The average Bonchev–Trinajstić information content (AvgIpc) is 2.90. The third-order valence-corrected chi connectivity index (χ3v) is 7.28. The van der Waals surface area contributed by atoms with Gasteiger partial charge in [-0.15, -0.1) is 0 Å². The van der Waals surface area contributed by atoms with E-state index in [0.717, 1.165) is 50.1 Å². The fourth-order valence-electron chi connectivity index (χ4n) is 5.17. The molecule has 3 aromatic carbocycles. The number of rotatable bonds is 9. The lowest BCUT2D eigenvalue weighted by Gasteiger charge is -2.33. The first kappa shape index (κ1) is 25.6. The van der Waals surface area contributed by atoms with Crippen molar-refractivity contribution in [1.82, 2.24) is 4.90 Å². The molecule has 1 fully saturated rings. The largest absolute Gasteiger partial charge is 0.366 e. The second kappa shape index (κ2) is 12.0. The van der Waals surface area contributed by atoms with Crippen LogP contribution >= 0.6 is 0 Å². The molecular weight excluding hydrogens is 446 g/mol. The number of nitrogens with one attached hydrogen (secondary N) is 1. The molecule has 5 nitrogen and oxygen atoms in total. The van der Waals surface area contributed by atoms with Crippen molar-refractivity contribution in [2.75, 3.05) is 25.0 Å². The van der Waals surface area contributed by atoms with Crippen LogP contribution in [0.3, 0.4) is 0 Å². The number of amides is 2. The van der Waals surface area contributed by atoms with Gasteiger partial charge in [0.05, 0.1) is 0 Å². The molecular formula is C31H37N3O2. The van der Waals surface area contributed by atoms with Crippen LogP contribution in [0, 0.1) is 5.92 Å². The van der Waals surface area contributed by atoms with Gasteiger partial charge >= 0.3 is 0 Å². The minimum absolute atomic E-state index is 0.0356.